The summed E-state index contributed by atoms with van der Waals surface area (Å²) in [5, 5.41) is 7.38. The van der Waals surface area contributed by atoms with E-state index in [4.69, 9.17) is 0 Å². The summed E-state index contributed by atoms with van der Waals surface area (Å²) in [6, 6.07) is 8.87. The first-order chi connectivity index (χ1) is 9.62. The maximum atomic E-state index is 11.9. The van der Waals surface area contributed by atoms with E-state index in [0.29, 0.717) is 11.4 Å². The van der Waals surface area contributed by atoms with Crippen molar-refractivity contribution in [3.8, 4) is 0 Å². The molecule has 0 radical (unpaired) electrons. The van der Waals surface area contributed by atoms with Crippen LogP contribution in [0.15, 0.2) is 46.0 Å². The lowest BCUT2D eigenvalue weighted by Gasteiger charge is -2.08. The average Bonchev–Trinajstić information content (AvgIpc) is 2.97. The van der Waals surface area contributed by atoms with Crippen molar-refractivity contribution in [3.05, 3.63) is 46.7 Å². The Labute approximate surface area is 123 Å². The summed E-state index contributed by atoms with van der Waals surface area (Å²) in [6.07, 6.45) is 0.777. The second-order valence-electron chi connectivity index (χ2n) is 4.41. The van der Waals surface area contributed by atoms with Crippen LogP contribution in [0.2, 0.25) is 0 Å². The van der Waals surface area contributed by atoms with E-state index in [2.05, 4.69) is 21.5 Å². The van der Waals surface area contributed by atoms with E-state index in [-0.39, 0.29) is 0 Å². The van der Waals surface area contributed by atoms with Gasteiger partial charge in [0.2, 0.25) is 10.0 Å². The lowest BCUT2D eigenvalue weighted by Crippen LogP contribution is -2.24. The molecule has 1 heterocycles. The largest absolute Gasteiger partial charge is 0.381 e. The molecule has 0 fully saturated rings. The number of nitrogens with one attached hydrogen (secondary N) is 2. The van der Waals surface area contributed by atoms with Crippen molar-refractivity contribution >= 4 is 27.0 Å². The Morgan fingerprint density at radius 3 is 2.50 bits per heavy atom. The zero-order chi connectivity index (χ0) is 14.4. The van der Waals surface area contributed by atoms with Crippen molar-refractivity contribution < 1.29 is 8.42 Å². The summed E-state index contributed by atoms with van der Waals surface area (Å²) < 4.78 is 26.4. The van der Waals surface area contributed by atoms with Gasteiger partial charge in [-0.1, -0.05) is 6.92 Å². The smallest absolute Gasteiger partial charge is 0.240 e. The van der Waals surface area contributed by atoms with Crippen molar-refractivity contribution in [3.63, 3.8) is 0 Å². The number of rotatable bonds is 7. The van der Waals surface area contributed by atoms with Crippen molar-refractivity contribution in [1.29, 1.82) is 0 Å². The first-order valence-electron chi connectivity index (χ1n) is 6.46. The maximum Gasteiger partial charge on any atom is 0.240 e. The van der Waals surface area contributed by atoms with Crippen molar-refractivity contribution in [2.24, 2.45) is 0 Å². The van der Waals surface area contributed by atoms with Crippen LogP contribution in [0.3, 0.4) is 0 Å². The summed E-state index contributed by atoms with van der Waals surface area (Å²) >= 11 is 1.66. The van der Waals surface area contributed by atoms with E-state index in [0.717, 1.165) is 18.7 Å². The molecule has 0 unspecified atom stereocenters. The molecule has 0 aliphatic carbocycles. The van der Waals surface area contributed by atoms with E-state index in [9.17, 15) is 8.42 Å². The first-order valence-corrected chi connectivity index (χ1v) is 8.89. The van der Waals surface area contributed by atoms with Crippen LogP contribution in [0, 0.1) is 0 Å². The van der Waals surface area contributed by atoms with Crippen LogP contribution in [0.4, 0.5) is 5.69 Å². The molecule has 0 amide bonds. The second kappa shape index (κ2) is 6.88. The summed E-state index contributed by atoms with van der Waals surface area (Å²) in [5.74, 6) is 0. The van der Waals surface area contributed by atoms with Crippen molar-refractivity contribution in [2.75, 3.05) is 11.9 Å². The van der Waals surface area contributed by atoms with Crippen molar-refractivity contribution in [2.45, 2.75) is 24.8 Å². The quantitative estimate of drug-likeness (QED) is 0.826. The third-order valence-corrected chi connectivity index (χ3v) is 4.99. The molecule has 0 aliphatic heterocycles. The molecule has 1 aromatic heterocycles. The number of sulfonamides is 1. The van der Waals surface area contributed by atoms with Crippen LogP contribution in [-0.4, -0.2) is 15.0 Å². The Hall–Kier alpha value is -1.37. The second-order valence-corrected chi connectivity index (χ2v) is 6.95. The molecule has 1 aromatic carbocycles. The Morgan fingerprint density at radius 1 is 1.15 bits per heavy atom. The van der Waals surface area contributed by atoms with Gasteiger partial charge in [-0.25, -0.2) is 13.1 Å². The van der Waals surface area contributed by atoms with Crippen LogP contribution < -0.4 is 10.0 Å². The van der Waals surface area contributed by atoms with E-state index in [1.807, 2.05) is 12.3 Å². The Morgan fingerprint density at radius 2 is 1.90 bits per heavy atom. The number of hydrogen-bond acceptors (Lipinski definition) is 4. The van der Waals surface area contributed by atoms with E-state index in [1.165, 1.54) is 5.56 Å². The SMILES string of the molecule is CCCNS(=O)(=O)c1ccc(NCc2ccsc2)cc1. The van der Waals surface area contributed by atoms with Gasteiger partial charge in [0.25, 0.3) is 0 Å². The predicted molar refractivity (Wildman–Crippen MR) is 83.6 cm³/mol. The monoisotopic (exact) mass is 310 g/mol. The maximum absolute atomic E-state index is 11.9. The number of thiophene rings is 1. The Kier molecular flexibility index (Phi) is 5.17. The third-order valence-electron chi connectivity index (χ3n) is 2.78. The molecule has 0 spiro atoms. The van der Waals surface area contributed by atoms with Gasteiger partial charge < -0.3 is 5.32 Å². The molecular formula is C14H18N2O2S2. The molecule has 0 saturated heterocycles. The molecule has 0 aliphatic rings. The summed E-state index contributed by atoms with van der Waals surface area (Å²) in [7, 11) is -3.37. The molecule has 2 N–H and O–H groups in total. The van der Waals surface area contributed by atoms with Gasteiger partial charge in [-0.2, -0.15) is 11.3 Å². The number of anilines is 1. The topological polar surface area (TPSA) is 58.2 Å². The third kappa shape index (κ3) is 4.06. The fourth-order valence-corrected chi connectivity index (χ4v) is 3.47. The molecule has 4 nitrogen and oxygen atoms in total. The molecule has 0 bridgehead atoms. The fraction of sp³-hybridized carbons (Fsp3) is 0.286. The molecule has 20 heavy (non-hydrogen) atoms. The van der Waals surface area contributed by atoms with Crippen LogP contribution in [0.25, 0.3) is 0 Å². The van der Waals surface area contributed by atoms with Crippen LogP contribution in [0.5, 0.6) is 0 Å². The minimum Gasteiger partial charge on any atom is -0.381 e. The van der Waals surface area contributed by atoms with E-state index >= 15 is 0 Å². The summed E-state index contributed by atoms with van der Waals surface area (Å²) in [4.78, 5) is 0.298. The lowest BCUT2D eigenvalue weighted by atomic mass is 10.3. The Bertz CT molecular complexity index is 620. The molecule has 2 rings (SSSR count). The average molecular weight is 310 g/mol. The predicted octanol–water partition coefficient (Wildman–Crippen LogP) is 3.05. The highest BCUT2D eigenvalue weighted by Crippen LogP contribution is 2.15. The molecule has 6 heteroatoms. The molecule has 0 atom stereocenters. The summed E-state index contributed by atoms with van der Waals surface area (Å²) in [5.41, 5.74) is 2.13. The highest BCUT2D eigenvalue weighted by molar-refractivity contribution is 7.89. The van der Waals surface area contributed by atoms with Crippen molar-refractivity contribution in [1.82, 2.24) is 4.72 Å². The molecule has 0 saturated carbocycles. The van der Waals surface area contributed by atoms with Gasteiger partial charge in [0.15, 0.2) is 0 Å². The van der Waals surface area contributed by atoms with Gasteiger partial charge in [-0.3, -0.25) is 0 Å². The first kappa shape index (κ1) is 15.0. The highest BCUT2D eigenvalue weighted by Gasteiger charge is 2.12. The van der Waals surface area contributed by atoms with Crippen LogP contribution >= 0.6 is 11.3 Å². The molecule has 2 aromatic rings. The summed E-state index contributed by atoms with van der Waals surface area (Å²) in [6.45, 7) is 3.13. The molecule has 108 valence electrons. The van der Waals surface area contributed by atoms with Crippen LogP contribution in [0.1, 0.15) is 18.9 Å². The highest BCUT2D eigenvalue weighted by atomic mass is 32.2. The Balaban J connectivity index is 1.99. The van der Waals surface area contributed by atoms with Crippen LogP contribution in [-0.2, 0) is 16.6 Å². The standard InChI is InChI=1S/C14H18N2O2S2/c1-2-8-16-20(17,18)14-5-3-13(4-6-14)15-10-12-7-9-19-11-12/h3-7,9,11,15-16H,2,8,10H2,1H3. The van der Waals surface area contributed by atoms with E-state index < -0.39 is 10.0 Å². The number of hydrogen-bond donors (Lipinski definition) is 2. The van der Waals surface area contributed by atoms with Gasteiger partial charge >= 0.3 is 0 Å². The van der Waals surface area contributed by atoms with E-state index in [1.54, 1.807) is 35.6 Å². The normalized spacial score (nSPS) is 11.4. The minimum atomic E-state index is -3.37. The number of benzene rings is 1. The van der Waals surface area contributed by atoms with Gasteiger partial charge in [0.05, 0.1) is 4.90 Å². The lowest BCUT2D eigenvalue weighted by molar-refractivity contribution is 0.581. The van der Waals surface area contributed by atoms with Gasteiger partial charge in [0, 0.05) is 18.8 Å². The zero-order valence-corrected chi connectivity index (χ0v) is 12.9. The fourth-order valence-electron chi connectivity index (χ4n) is 1.67. The minimum absolute atomic E-state index is 0.298. The molecular weight excluding hydrogens is 292 g/mol. The van der Waals surface area contributed by atoms with Gasteiger partial charge in [-0.15, -0.1) is 0 Å². The zero-order valence-electron chi connectivity index (χ0n) is 11.3. The van der Waals surface area contributed by atoms with Gasteiger partial charge in [0.1, 0.15) is 0 Å². The van der Waals surface area contributed by atoms with Gasteiger partial charge in [-0.05, 0) is 53.1 Å².